The summed E-state index contributed by atoms with van der Waals surface area (Å²) in [7, 11) is 0. The van der Waals surface area contributed by atoms with Crippen LogP contribution in [0.15, 0.2) is 35.7 Å². The summed E-state index contributed by atoms with van der Waals surface area (Å²) in [6.07, 6.45) is 0. The van der Waals surface area contributed by atoms with E-state index in [0.717, 1.165) is 11.1 Å². The molecule has 0 unspecified atom stereocenters. The lowest BCUT2D eigenvalue weighted by Gasteiger charge is -2.16. The minimum atomic E-state index is -1.06. The molecule has 3 N–H and O–H groups in total. The van der Waals surface area contributed by atoms with Crippen LogP contribution in [0.3, 0.4) is 0 Å². The van der Waals surface area contributed by atoms with Crippen LogP contribution in [-0.2, 0) is 0 Å². The average molecular weight is 304 g/mol. The van der Waals surface area contributed by atoms with Crippen molar-refractivity contribution in [2.24, 2.45) is 0 Å². The molecule has 0 aliphatic carbocycles. The highest BCUT2D eigenvalue weighted by atomic mass is 32.1. The smallest absolute Gasteiger partial charge is 0.338 e. The van der Waals surface area contributed by atoms with Crippen molar-refractivity contribution < 1.29 is 14.7 Å². The third-order valence-corrected chi connectivity index (χ3v) is 3.96. The number of rotatable bonds is 4. The Bertz CT molecular complexity index is 666. The van der Waals surface area contributed by atoms with E-state index in [-0.39, 0.29) is 11.6 Å². The molecule has 1 aromatic heterocycles. The van der Waals surface area contributed by atoms with Crippen molar-refractivity contribution in [2.45, 2.75) is 19.9 Å². The zero-order valence-corrected chi connectivity index (χ0v) is 12.5. The fourth-order valence-electron chi connectivity index (χ4n) is 2.06. The largest absolute Gasteiger partial charge is 0.478 e. The molecule has 0 spiro atoms. The standard InChI is InChI=1S/C15H16N2O3S/c1-9-5-3-4-6-11(9)10(2)16-15(20)17-13-12(14(18)19)7-8-21-13/h3-8,10H,1-2H3,(H,18,19)(H2,16,17,20)/t10-/m1/s1. The van der Waals surface area contributed by atoms with E-state index >= 15 is 0 Å². The summed E-state index contributed by atoms with van der Waals surface area (Å²) in [5.41, 5.74) is 2.21. The SMILES string of the molecule is Cc1ccccc1[C@@H](C)NC(=O)Nc1sccc1C(=O)O. The maximum absolute atomic E-state index is 12.0. The van der Waals surface area contributed by atoms with E-state index in [1.165, 1.54) is 17.4 Å². The number of anilines is 1. The quantitative estimate of drug-likeness (QED) is 0.807. The highest BCUT2D eigenvalue weighted by molar-refractivity contribution is 7.14. The molecule has 1 heterocycles. The van der Waals surface area contributed by atoms with Gasteiger partial charge in [0.15, 0.2) is 0 Å². The van der Waals surface area contributed by atoms with Crippen molar-refractivity contribution in [1.29, 1.82) is 0 Å². The number of amides is 2. The third kappa shape index (κ3) is 3.61. The highest BCUT2D eigenvalue weighted by Gasteiger charge is 2.16. The average Bonchev–Trinajstić information content (AvgIpc) is 2.87. The summed E-state index contributed by atoms with van der Waals surface area (Å²) in [5.74, 6) is -1.06. The number of thiophene rings is 1. The second-order valence-corrected chi connectivity index (χ2v) is 5.56. The fourth-order valence-corrected chi connectivity index (χ4v) is 2.83. The second kappa shape index (κ2) is 6.41. The summed E-state index contributed by atoms with van der Waals surface area (Å²) < 4.78 is 0. The van der Waals surface area contributed by atoms with Crippen LogP contribution in [0, 0.1) is 6.92 Å². The lowest BCUT2D eigenvalue weighted by atomic mass is 10.0. The van der Waals surface area contributed by atoms with E-state index in [1.807, 2.05) is 38.1 Å². The first-order valence-corrected chi connectivity index (χ1v) is 7.31. The Labute approximate surface area is 126 Å². The summed E-state index contributed by atoms with van der Waals surface area (Å²) >= 11 is 1.18. The van der Waals surface area contributed by atoms with Crippen molar-refractivity contribution in [3.8, 4) is 0 Å². The van der Waals surface area contributed by atoms with Gasteiger partial charge in [-0.15, -0.1) is 11.3 Å². The first kappa shape index (κ1) is 15.1. The second-order valence-electron chi connectivity index (χ2n) is 4.65. The number of carboxylic acids is 1. The van der Waals surface area contributed by atoms with Crippen LogP contribution < -0.4 is 10.6 Å². The number of carboxylic acid groups (broad SMARTS) is 1. The van der Waals surface area contributed by atoms with Gasteiger partial charge >= 0.3 is 12.0 Å². The molecular weight excluding hydrogens is 288 g/mol. The Kier molecular flexibility index (Phi) is 4.59. The maximum Gasteiger partial charge on any atom is 0.338 e. The van der Waals surface area contributed by atoms with Crippen molar-refractivity contribution in [2.75, 3.05) is 5.32 Å². The summed E-state index contributed by atoms with van der Waals surface area (Å²) in [5, 5.41) is 16.3. The molecule has 1 aromatic carbocycles. The molecule has 0 fully saturated rings. The lowest BCUT2D eigenvalue weighted by Crippen LogP contribution is -2.31. The van der Waals surface area contributed by atoms with Crippen molar-refractivity contribution in [3.05, 3.63) is 52.4 Å². The van der Waals surface area contributed by atoms with E-state index in [2.05, 4.69) is 10.6 Å². The van der Waals surface area contributed by atoms with Crippen LogP contribution in [-0.4, -0.2) is 17.1 Å². The number of hydrogen-bond donors (Lipinski definition) is 3. The molecular formula is C15H16N2O3S. The van der Waals surface area contributed by atoms with Crippen LogP contribution in [0.4, 0.5) is 9.80 Å². The van der Waals surface area contributed by atoms with Gasteiger partial charge in [0.25, 0.3) is 0 Å². The molecule has 5 nitrogen and oxygen atoms in total. The van der Waals surface area contributed by atoms with Crippen LogP contribution in [0.1, 0.15) is 34.5 Å². The van der Waals surface area contributed by atoms with Gasteiger partial charge in [-0.3, -0.25) is 5.32 Å². The molecule has 110 valence electrons. The first-order chi connectivity index (χ1) is 9.99. The summed E-state index contributed by atoms with van der Waals surface area (Å²) in [6.45, 7) is 3.86. The molecule has 0 aliphatic heterocycles. The number of benzene rings is 1. The van der Waals surface area contributed by atoms with Gasteiger partial charge in [0.1, 0.15) is 5.00 Å². The Hall–Kier alpha value is -2.34. The van der Waals surface area contributed by atoms with Gasteiger partial charge < -0.3 is 10.4 Å². The van der Waals surface area contributed by atoms with E-state index in [0.29, 0.717) is 5.00 Å². The number of carbonyl (C=O) groups is 2. The Morgan fingerprint density at radius 1 is 1.24 bits per heavy atom. The zero-order valence-electron chi connectivity index (χ0n) is 11.7. The van der Waals surface area contributed by atoms with Gasteiger partial charge in [0, 0.05) is 0 Å². The monoisotopic (exact) mass is 304 g/mol. The molecule has 0 saturated heterocycles. The van der Waals surface area contributed by atoms with Crippen molar-refractivity contribution in [1.82, 2.24) is 5.32 Å². The number of urea groups is 1. The molecule has 2 amide bonds. The first-order valence-electron chi connectivity index (χ1n) is 6.43. The maximum atomic E-state index is 12.0. The topological polar surface area (TPSA) is 78.4 Å². The third-order valence-electron chi connectivity index (χ3n) is 3.13. The van der Waals surface area contributed by atoms with Crippen LogP contribution in [0.5, 0.6) is 0 Å². The Morgan fingerprint density at radius 3 is 2.62 bits per heavy atom. The number of aromatic carboxylic acids is 1. The number of carbonyl (C=O) groups excluding carboxylic acids is 1. The van der Waals surface area contributed by atoms with Gasteiger partial charge in [0.2, 0.25) is 0 Å². The van der Waals surface area contributed by atoms with Crippen LogP contribution in [0.25, 0.3) is 0 Å². The van der Waals surface area contributed by atoms with Gasteiger partial charge in [0.05, 0.1) is 11.6 Å². The molecule has 2 rings (SSSR count). The summed E-state index contributed by atoms with van der Waals surface area (Å²) in [4.78, 5) is 23.0. The number of hydrogen-bond acceptors (Lipinski definition) is 3. The van der Waals surface area contributed by atoms with Crippen molar-refractivity contribution in [3.63, 3.8) is 0 Å². The summed E-state index contributed by atoms with van der Waals surface area (Å²) in [6, 6.07) is 8.67. The molecule has 0 saturated carbocycles. The fraction of sp³-hybridized carbons (Fsp3) is 0.200. The predicted molar refractivity (Wildman–Crippen MR) is 83.0 cm³/mol. The number of aryl methyl sites for hydroxylation is 1. The number of nitrogens with one attached hydrogen (secondary N) is 2. The minimum Gasteiger partial charge on any atom is -0.478 e. The van der Waals surface area contributed by atoms with Crippen LogP contribution in [0.2, 0.25) is 0 Å². The predicted octanol–water partition coefficient (Wildman–Crippen LogP) is 3.64. The minimum absolute atomic E-state index is 0.0960. The van der Waals surface area contributed by atoms with Crippen molar-refractivity contribution >= 4 is 28.3 Å². The van der Waals surface area contributed by atoms with E-state index in [1.54, 1.807) is 5.38 Å². The van der Waals surface area contributed by atoms with Gasteiger partial charge in [-0.05, 0) is 36.4 Å². The van der Waals surface area contributed by atoms with E-state index in [4.69, 9.17) is 5.11 Å². The highest BCUT2D eigenvalue weighted by Crippen LogP contribution is 2.23. The molecule has 6 heteroatoms. The molecule has 0 aliphatic rings. The normalized spacial score (nSPS) is 11.7. The zero-order chi connectivity index (χ0) is 15.4. The molecule has 0 bridgehead atoms. The molecule has 2 aromatic rings. The molecule has 21 heavy (non-hydrogen) atoms. The van der Waals surface area contributed by atoms with E-state index < -0.39 is 12.0 Å². The van der Waals surface area contributed by atoms with Crippen LogP contribution >= 0.6 is 11.3 Å². The molecule has 1 atom stereocenters. The van der Waals surface area contributed by atoms with E-state index in [9.17, 15) is 9.59 Å². The Morgan fingerprint density at radius 2 is 1.95 bits per heavy atom. The van der Waals surface area contributed by atoms with Gasteiger partial charge in [-0.25, -0.2) is 9.59 Å². The van der Waals surface area contributed by atoms with Gasteiger partial charge in [-0.1, -0.05) is 24.3 Å². The lowest BCUT2D eigenvalue weighted by molar-refractivity contribution is 0.0698. The van der Waals surface area contributed by atoms with Gasteiger partial charge in [-0.2, -0.15) is 0 Å². The molecule has 0 radical (unpaired) electrons. The Balaban J connectivity index is 2.03.